The predicted octanol–water partition coefficient (Wildman–Crippen LogP) is 1.43. The first-order valence-corrected chi connectivity index (χ1v) is 5.72. The van der Waals surface area contributed by atoms with Gasteiger partial charge < -0.3 is 8.92 Å². The number of hydrogen-bond acceptors (Lipinski definition) is 5. The summed E-state index contributed by atoms with van der Waals surface area (Å²) in [7, 11) is -4.10. The summed E-state index contributed by atoms with van der Waals surface area (Å²) >= 11 is 0. The minimum Gasteiger partial charge on any atom is -0.466 e. The second-order valence-corrected chi connectivity index (χ2v) is 3.83. The molecule has 0 bridgehead atoms. The van der Waals surface area contributed by atoms with E-state index in [9.17, 15) is 17.1 Å². The molecule has 0 aliphatic carbocycles. The highest BCUT2D eigenvalue weighted by Crippen LogP contribution is 2.18. The molecule has 1 aromatic rings. The van der Waals surface area contributed by atoms with Gasteiger partial charge in [-0.3, -0.25) is 0 Å². The monoisotopic (exact) mass is 260 g/mol. The Hall–Kier alpha value is -1.89. The minimum atomic E-state index is -5.20. The van der Waals surface area contributed by atoms with Gasteiger partial charge in [-0.15, -0.1) is 0 Å². The van der Waals surface area contributed by atoms with E-state index >= 15 is 0 Å². The van der Waals surface area contributed by atoms with Crippen molar-refractivity contribution in [2.45, 2.75) is 0 Å². The van der Waals surface area contributed by atoms with E-state index in [1.807, 2.05) is 0 Å². The van der Waals surface area contributed by atoms with Gasteiger partial charge in [-0.1, -0.05) is 34.2 Å². The Morgan fingerprint density at radius 1 is 1.29 bits per heavy atom. The van der Waals surface area contributed by atoms with Gasteiger partial charge in [0.15, 0.2) is 5.76 Å². The van der Waals surface area contributed by atoms with Crippen molar-refractivity contribution in [1.29, 1.82) is 0 Å². The molecule has 0 aliphatic rings. The fourth-order valence-electron chi connectivity index (χ4n) is 1.03. The smallest absolute Gasteiger partial charge is 0.466 e. The fraction of sp³-hybridized carbons (Fsp3) is 0.100. The lowest BCUT2D eigenvalue weighted by Gasteiger charge is -2.05. The third kappa shape index (κ3) is 4.64. The van der Waals surface area contributed by atoms with Gasteiger partial charge in [-0.25, -0.2) is 4.79 Å². The first-order valence-electron chi connectivity index (χ1n) is 4.41. The molecule has 0 aromatic heterocycles. The van der Waals surface area contributed by atoms with Crippen molar-refractivity contribution in [2.24, 2.45) is 0 Å². The second-order valence-electron chi connectivity index (χ2n) is 2.87. The Morgan fingerprint density at radius 2 is 1.88 bits per heavy atom. The van der Waals surface area contributed by atoms with Crippen LogP contribution in [0.15, 0.2) is 36.4 Å². The molecule has 0 N–H and O–H groups in total. The molecular weight excluding hydrogens is 251 g/mol. The van der Waals surface area contributed by atoms with Gasteiger partial charge in [0.25, 0.3) is 0 Å². The molecule has 1 rings (SSSR count). The Kier molecular flexibility index (Phi) is 4.22. The Labute approximate surface area is 97.9 Å². The van der Waals surface area contributed by atoms with E-state index in [4.69, 9.17) is 0 Å². The van der Waals surface area contributed by atoms with Crippen molar-refractivity contribution in [2.75, 3.05) is 7.11 Å². The molecule has 0 unspecified atom stereocenters. The fourth-order valence-corrected chi connectivity index (χ4v) is 1.39. The van der Waals surface area contributed by atoms with Gasteiger partial charge in [0.05, 0.1) is 13.2 Å². The number of carbonyl (C=O) groups is 1. The van der Waals surface area contributed by atoms with Crippen LogP contribution in [0, 0.1) is 0 Å². The van der Waals surface area contributed by atoms with E-state index in [-0.39, 0.29) is 5.56 Å². The largest absolute Gasteiger partial charge is 0.488 e. The van der Waals surface area contributed by atoms with Crippen LogP contribution >= 0.6 is 0 Å². The van der Waals surface area contributed by atoms with Crippen molar-refractivity contribution >= 4 is 22.2 Å². The lowest BCUT2D eigenvalue weighted by molar-refractivity contribution is -0.134. The molecule has 17 heavy (non-hydrogen) atoms. The minimum absolute atomic E-state index is 0.235. The third-order valence-corrected chi connectivity index (χ3v) is 2.08. The summed E-state index contributed by atoms with van der Waals surface area (Å²) in [5.74, 6) is -1.30. The zero-order valence-electron chi connectivity index (χ0n) is 8.79. The van der Waals surface area contributed by atoms with Gasteiger partial charge >= 0.3 is 16.5 Å². The van der Waals surface area contributed by atoms with Gasteiger partial charge in [-0.2, -0.15) is 8.42 Å². The van der Waals surface area contributed by atoms with E-state index in [1.165, 1.54) is 12.1 Å². The number of esters is 1. The van der Waals surface area contributed by atoms with Crippen molar-refractivity contribution in [1.82, 2.24) is 0 Å². The molecule has 0 saturated heterocycles. The van der Waals surface area contributed by atoms with Crippen LogP contribution in [0.1, 0.15) is 5.56 Å². The molecule has 0 atom stereocenters. The molecule has 7 heteroatoms. The third-order valence-electron chi connectivity index (χ3n) is 1.70. The SMILES string of the molecule is COC(=O)/C=C(/OS(=O)(=O)F)c1ccccc1. The summed E-state index contributed by atoms with van der Waals surface area (Å²) in [6.45, 7) is 0. The first kappa shape index (κ1) is 13.2. The van der Waals surface area contributed by atoms with E-state index in [2.05, 4.69) is 8.92 Å². The van der Waals surface area contributed by atoms with E-state index in [1.54, 1.807) is 18.2 Å². The maximum Gasteiger partial charge on any atom is 0.488 e. The summed E-state index contributed by atoms with van der Waals surface area (Å²) in [5.41, 5.74) is 0.235. The number of halogens is 1. The summed E-state index contributed by atoms with van der Waals surface area (Å²) < 4.78 is 41.6. The number of benzene rings is 1. The summed E-state index contributed by atoms with van der Waals surface area (Å²) in [6, 6.07) is 7.74. The van der Waals surface area contributed by atoms with E-state index in [0.29, 0.717) is 0 Å². The van der Waals surface area contributed by atoms with Crippen LogP contribution in [0.2, 0.25) is 0 Å². The second kappa shape index (κ2) is 5.44. The zero-order valence-corrected chi connectivity index (χ0v) is 9.61. The lowest BCUT2D eigenvalue weighted by atomic mass is 10.2. The highest BCUT2D eigenvalue weighted by atomic mass is 32.3. The molecule has 1 aromatic carbocycles. The maximum atomic E-state index is 12.4. The Balaban J connectivity index is 3.12. The van der Waals surface area contributed by atoms with Crippen LogP contribution in [-0.2, 0) is 24.2 Å². The van der Waals surface area contributed by atoms with Gasteiger partial charge in [0, 0.05) is 5.56 Å². The molecule has 5 nitrogen and oxygen atoms in total. The van der Waals surface area contributed by atoms with Crippen LogP contribution in [0.25, 0.3) is 5.76 Å². The summed E-state index contributed by atoms with van der Waals surface area (Å²) in [4.78, 5) is 11.0. The summed E-state index contributed by atoms with van der Waals surface area (Å²) in [6.07, 6.45) is 0.743. The van der Waals surface area contributed by atoms with E-state index < -0.39 is 22.2 Å². The van der Waals surface area contributed by atoms with Crippen molar-refractivity contribution in [3.63, 3.8) is 0 Å². The topological polar surface area (TPSA) is 69.7 Å². The molecule has 0 aliphatic heterocycles. The standard InChI is InChI=1S/C10H9FO5S/c1-15-10(12)7-9(16-17(11,13)14)8-5-3-2-4-6-8/h2-7H,1H3/b9-7+. The Bertz CT molecular complexity index is 521. The molecule has 0 spiro atoms. The molecule has 0 fully saturated rings. The number of hydrogen-bond donors (Lipinski definition) is 0. The molecule has 0 amide bonds. The molecular formula is C10H9FO5S. The van der Waals surface area contributed by atoms with Gasteiger partial charge in [0.2, 0.25) is 0 Å². The molecule has 92 valence electrons. The molecule has 0 heterocycles. The number of rotatable bonds is 4. The van der Waals surface area contributed by atoms with Crippen LogP contribution in [0.5, 0.6) is 0 Å². The predicted molar refractivity (Wildman–Crippen MR) is 57.5 cm³/mol. The average molecular weight is 260 g/mol. The van der Waals surface area contributed by atoms with Crippen LogP contribution in [0.3, 0.4) is 0 Å². The van der Waals surface area contributed by atoms with Gasteiger partial charge in [-0.05, 0) is 0 Å². The average Bonchev–Trinajstić information content (AvgIpc) is 2.27. The van der Waals surface area contributed by atoms with Crippen molar-refractivity contribution in [3.8, 4) is 0 Å². The lowest BCUT2D eigenvalue weighted by Crippen LogP contribution is -2.03. The number of carbonyl (C=O) groups excluding carboxylic acids is 1. The first-order chi connectivity index (χ1) is 7.92. The van der Waals surface area contributed by atoms with Crippen LogP contribution in [0.4, 0.5) is 3.89 Å². The van der Waals surface area contributed by atoms with Gasteiger partial charge in [0.1, 0.15) is 0 Å². The highest BCUT2D eigenvalue weighted by molar-refractivity contribution is 7.81. The zero-order chi connectivity index (χ0) is 12.9. The molecule has 0 radical (unpaired) electrons. The highest BCUT2D eigenvalue weighted by Gasteiger charge is 2.15. The quantitative estimate of drug-likeness (QED) is 0.354. The van der Waals surface area contributed by atoms with Crippen LogP contribution in [-0.4, -0.2) is 21.5 Å². The van der Waals surface area contributed by atoms with Crippen LogP contribution < -0.4 is 0 Å². The number of ether oxygens (including phenoxy) is 1. The molecule has 0 saturated carbocycles. The van der Waals surface area contributed by atoms with Crippen molar-refractivity contribution < 1.29 is 26.0 Å². The number of methoxy groups -OCH3 is 1. The Morgan fingerprint density at radius 3 is 2.35 bits per heavy atom. The summed E-state index contributed by atoms with van der Waals surface area (Å²) in [5, 5.41) is 0. The maximum absolute atomic E-state index is 12.4. The normalized spacial score (nSPS) is 12.0. The van der Waals surface area contributed by atoms with Crippen molar-refractivity contribution in [3.05, 3.63) is 42.0 Å². The van der Waals surface area contributed by atoms with E-state index in [0.717, 1.165) is 13.2 Å².